The van der Waals surface area contributed by atoms with Gasteiger partial charge in [0.15, 0.2) is 0 Å². The number of halogens is 2. The summed E-state index contributed by atoms with van der Waals surface area (Å²) >= 11 is 0. The van der Waals surface area contributed by atoms with Crippen LogP contribution in [0.5, 0.6) is 0 Å². The second kappa shape index (κ2) is 12.5. The summed E-state index contributed by atoms with van der Waals surface area (Å²) in [6.07, 6.45) is 0.871. The van der Waals surface area contributed by atoms with Crippen molar-refractivity contribution in [2.75, 3.05) is 38.5 Å². The molecule has 30 heavy (non-hydrogen) atoms. The van der Waals surface area contributed by atoms with Crippen LogP contribution in [0.15, 0.2) is 54.6 Å². The molecule has 164 valence electrons. The van der Waals surface area contributed by atoms with Gasteiger partial charge in [-0.2, -0.15) is 0 Å². The Morgan fingerprint density at radius 2 is 1.53 bits per heavy atom. The van der Waals surface area contributed by atoms with Crippen LogP contribution in [0.1, 0.15) is 11.1 Å². The second-order valence-corrected chi connectivity index (χ2v) is 7.34. The molecule has 6 nitrogen and oxygen atoms in total. The monoisotopic (exact) mass is 452 g/mol. The van der Waals surface area contributed by atoms with Gasteiger partial charge in [-0.1, -0.05) is 42.5 Å². The standard InChI is InChI=1S/C22H28N4O2.2ClH/c1-25-11-13-26(14-12-25)21(27)16-18-7-9-19(10-8-18)24-22(28)20(23)15-17-5-3-2-4-6-17;;/h2-10,20H,11-16,23H2,1H3,(H,24,28);2*1H. The molecule has 0 aliphatic carbocycles. The summed E-state index contributed by atoms with van der Waals surface area (Å²) in [5, 5.41) is 2.85. The van der Waals surface area contributed by atoms with Gasteiger partial charge in [-0.3, -0.25) is 9.59 Å². The van der Waals surface area contributed by atoms with Crippen molar-refractivity contribution in [2.45, 2.75) is 18.9 Å². The molecular weight excluding hydrogens is 423 g/mol. The third kappa shape index (κ3) is 7.61. The smallest absolute Gasteiger partial charge is 0.241 e. The molecule has 0 saturated carbocycles. The molecule has 2 aromatic rings. The third-order valence-electron chi connectivity index (χ3n) is 5.07. The van der Waals surface area contributed by atoms with E-state index in [1.807, 2.05) is 59.5 Å². The third-order valence-corrected chi connectivity index (χ3v) is 5.07. The fourth-order valence-electron chi connectivity index (χ4n) is 3.24. The van der Waals surface area contributed by atoms with Gasteiger partial charge in [0.1, 0.15) is 0 Å². The number of likely N-dealkylation sites (N-methyl/N-ethyl adjacent to an activating group) is 1. The van der Waals surface area contributed by atoms with E-state index in [-0.39, 0.29) is 36.6 Å². The van der Waals surface area contributed by atoms with Crippen molar-refractivity contribution < 1.29 is 9.59 Å². The van der Waals surface area contributed by atoms with Crippen LogP contribution in [0.3, 0.4) is 0 Å². The minimum Gasteiger partial charge on any atom is -0.340 e. The van der Waals surface area contributed by atoms with E-state index in [1.54, 1.807) is 0 Å². The van der Waals surface area contributed by atoms with E-state index in [2.05, 4.69) is 17.3 Å². The number of nitrogens with one attached hydrogen (secondary N) is 1. The Bertz CT molecular complexity index is 795. The predicted molar refractivity (Wildman–Crippen MR) is 125 cm³/mol. The van der Waals surface area contributed by atoms with Gasteiger partial charge in [-0.05, 0) is 36.7 Å². The summed E-state index contributed by atoms with van der Waals surface area (Å²) in [6.45, 7) is 3.39. The van der Waals surface area contributed by atoms with Crippen LogP contribution in [-0.2, 0) is 22.4 Å². The number of benzene rings is 2. The minimum absolute atomic E-state index is 0. The fourth-order valence-corrected chi connectivity index (χ4v) is 3.24. The Kier molecular flexibility index (Phi) is 10.8. The van der Waals surface area contributed by atoms with Gasteiger partial charge in [-0.25, -0.2) is 0 Å². The number of piperazine rings is 1. The zero-order valence-electron chi connectivity index (χ0n) is 17.1. The van der Waals surface area contributed by atoms with Gasteiger partial charge in [0.2, 0.25) is 11.8 Å². The molecule has 8 heteroatoms. The van der Waals surface area contributed by atoms with Crippen LogP contribution < -0.4 is 11.1 Å². The van der Waals surface area contributed by atoms with Crippen molar-refractivity contribution >= 4 is 42.3 Å². The molecule has 1 unspecified atom stereocenters. The predicted octanol–water partition coefficient (Wildman–Crippen LogP) is 2.36. The summed E-state index contributed by atoms with van der Waals surface area (Å²) in [4.78, 5) is 28.9. The largest absolute Gasteiger partial charge is 0.340 e. The quantitative estimate of drug-likeness (QED) is 0.704. The van der Waals surface area contributed by atoms with Crippen molar-refractivity contribution in [1.29, 1.82) is 0 Å². The maximum Gasteiger partial charge on any atom is 0.241 e. The molecule has 1 aliphatic rings. The summed E-state index contributed by atoms with van der Waals surface area (Å²) in [6, 6.07) is 16.5. The van der Waals surface area contributed by atoms with Crippen LogP contribution in [0.2, 0.25) is 0 Å². The first kappa shape index (κ1) is 25.9. The molecule has 1 atom stereocenters. The van der Waals surface area contributed by atoms with Crippen LogP contribution in [0.25, 0.3) is 0 Å². The van der Waals surface area contributed by atoms with Crippen LogP contribution >= 0.6 is 24.8 Å². The molecule has 3 rings (SSSR count). The van der Waals surface area contributed by atoms with Crippen molar-refractivity contribution in [3.63, 3.8) is 0 Å². The summed E-state index contributed by atoms with van der Waals surface area (Å²) < 4.78 is 0. The highest BCUT2D eigenvalue weighted by Crippen LogP contribution is 2.13. The van der Waals surface area contributed by atoms with Gasteiger partial charge in [-0.15, -0.1) is 24.8 Å². The maximum absolute atomic E-state index is 12.4. The average Bonchev–Trinajstić information content (AvgIpc) is 2.70. The zero-order valence-corrected chi connectivity index (χ0v) is 18.8. The van der Waals surface area contributed by atoms with Gasteiger partial charge in [0, 0.05) is 31.9 Å². The van der Waals surface area contributed by atoms with Crippen LogP contribution in [0.4, 0.5) is 5.69 Å². The molecule has 1 aliphatic heterocycles. The number of hydrogen-bond acceptors (Lipinski definition) is 4. The number of nitrogens with two attached hydrogens (primary N) is 1. The highest BCUT2D eigenvalue weighted by Gasteiger charge is 2.19. The molecule has 1 heterocycles. The lowest BCUT2D eigenvalue weighted by atomic mass is 10.1. The summed E-state index contributed by atoms with van der Waals surface area (Å²) in [5.74, 6) is -0.0696. The van der Waals surface area contributed by atoms with Crippen molar-refractivity contribution in [2.24, 2.45) is 5.73 Å². The Morgan fingerprint density at radius 3 is 2.13 bits per heavy atom. The number of amides is 2. The lowest BCUT2D eigenvalue weighted by molar-refractivity contribution is -0.132. The molecule has 0 radical (unpaired) electrons. The van der Waals surface area contributed by atoms with E-state index in [4.69, 9.17) is 5.73 Å². The Morgan fingerprint density at radius 1 is 0.933 bits per heavy atom. The lowest BCUT2D eigenvalue weighted by Crippen LogP contribution is -2.47. The molecule has 3 N–H and O–H groups in total. The Balaban J connectivity index is 0.00000225. The summed E-state index contributed by atoms with van der Waals surface area (Å²) in [5.41, 5.74) is 8.67. The lowest BCUT2D eigenvalue weighted by Gasteiger charge is -2.32. The SMILES string of the molecule is CN1CCN(C(=O)Cc2ccc(NC(=O)C(N)Cc3ccccc3)cc2)CC1.Cl.Cl. The molecule has 2 aromatic carbocycles. The normalized spacial score (nSPS) is 14.8. The number of carbonyl (C=O) groups excluding carboxylic acids is 2. The van der Waals surface area contributed by atoms with Gasteiger partial charge in [0.25, 0.3) is 0 Å². The first-order valence-electron chi connectivity index (χ1n) is 9.67. The number of rotatable bonds is 6. The molecule has 0 bridgehead atoms. The van der Waals surface area contributed by atoms with Crippen molar-refractivity contribution in [3.8, 4) is 0 Å². The Labute approximate surface area is 190 Å². The molecule has 0 spiro atoms. The van der Waals surface area contributed by atoms with Crippen LogP contribution in [-0.4, -0.2) is 60.9 Å². The van der Waals surface area contributed by atoms with E-state index >= 15 is 0 Å². The van der Waals surface area contributed by atoms with E-state index in [1.165, 1.54) is 0 Å². The number of hydrogen-bond donors (Lipinski definition) is 2. The van der Waals surface area contributed by atoms with E-state index in [9.17, 15) is 9.59 Å². The fraction of sp³-hybridized carbons (Fsp3) is 0.364. The average molecular weight is 453 g/mol. The van der Waals surface area contributed by atoms with E-state index in [0.29, 0.717) is 18.5 Å². The number of nitrogens with zero attached hydrogens (tertiary/aromatic N) is 2. The second-order valence-electron chi connectivity index (χ2n) is 7.34. The zero-order chi connectivity index (χ0) is 19.9. The molecule has 0 aromatic heterocycles. The number of anilines is 1. The van der Waals surface area contributed by atoms with E-state index < -0.39 is 6.04 Å². The van der Waals surface area contributed by atoms with Gasteiger partial charge >= 0.3 is 0 Å². The van der Waals surface area contributed by atoms with Crippen molar-refractivity contribution in [1.82, 2.24) is 9.80 Å². The topological polar surface area (TPSA) is 78.7 Å². The molecular formula is C22H30Cl2N4O2. The highest BCUT2D eigenvalue weighted by atomic mass is 35.5. The van der Waals surface area contributed by atoms with Crippen molar-refractivity contribution in [3.05, 3.63) is 65.7 Å². The van der Waals surface area contributed by atoms with Gasteiger partial charge in [0.05, 0.1) is 12.5 Å². The number of carbonyl (C=O) groups is 2. The van der Waals surface area contributed by atoms with Gasteiger partial charge < -0.3 is 20.9 Å². The maximum atomic E-state index is 12.4. The molecule has 1 saturated heterocycles. The molecule has 2 amide bonds. The Hall–Kier alpha value is -2.12. The van der Waals surface area contributed by atoms with E-state index in [0.717, 1.165) is 37.3 Å². The summed E-state index contributed by atoms with van der Waals surface area (Å²) in [7, 11) is 2.07. The highest BCUT2D eigenvalue weighted by molar-refractivity contribution is 5.94. The minimum atomic E-state index is -0.610. The van der Waals surface area contributed by atoms with Crippen LogP contribution in [0, 0.1) is 0 Å². The molecule has 1 fully saturated rings. The first-order valence-corrected chi connectivity index (χ1v) is 9.67. The first-order chi connectivity index (χ1) is 13.5.